The van der Waals surface area contributed by atoms with E-state index in [9.17, 15) is 0 Å². The quantitative estimate of drug-likeness (QED) is 0.790. The van der Waals surface area contributed by atoms with Gasteiger partial charge in [-0.05, 0) is 22.9 Å². The van der Waals surface area contributed by atoms with Crippen LogP contribution in [-0.4, -0.2) is 29.6 Å². The molecule has 1 atom stereocenters. The third kappa shape index (κ3) is 1.96. The Labute approximate surface area is 120 Å². The number of aliphatic imine (C=N–C) groups is 4. The van der Waals surface area contributed by atoms with E-state index in [4.69, 9.17) is 0 Å². The summed E-state index contributed by atoms with van der Waals surface area (Å²) >= 11 is 1.62. The van der Waals surface area contributed by atoms with Gasteiger partial charge in [0.25, 0.3) is 0 Å². The van der Waals surface area contributed by atoms with Gasteiger partial charge in [0, 0.05) is 4.90 Å². The van der Waals surface area contributed by atoms with Crippen molar-refractivity contribution in [3.63, 3.8) is 0 Å². The molecule has 2 aromatic rings. The summed E-state index contributed by atoms with van der Waals surface area (Å²) < 4.78 is 0. The average molecular weight is 278 g/mol. The maximum atomic E-state index is 4.34. The van der Waals surface area contributed by atoms with Gasteiger partial charge in [0.15, 0.2) is 11.9 Å². The Bertz CT molecular complexity index is 804. The van der Waals surface area contributed by atoms with Crippen LogP contribution >= 0.6 is 11.8 Å². The number of thioether (sulfide) groups is 1. The maximum absolute atomic E-state index is 4.34. The first-order valence-electron chi connectivity index (χ1n) is 6.26. The van der Waals surface area contributed by atoms with Gasteiger partial charge in [-0.3, -0.25) is 4.99 Å². The molecule has 0 aromatic heterocycles. The summed E-state index contributed by atoms with van der Waals surface area (Å²) in [5, 5.41) is 3.39. The van der Waals surface area contributed by atoms with Crippen LogP contribution in [0, 0.1) is 0 Å². The molecule has 96 valence electrons. The smallest absolute Gasteiger partial charge is 0.163 e. The summed E-state index contributed by atoms with van der Waals surface area (Å²) in [6.07, 6.45) is 3.10. The Morgan fingerprint density at radius 2 is 1.80 bits per heavy atom. The lowest BCUT2D eigenvalue weighted by atomic mass is 10.1. The van der Waals surface area contributed by atoms with Gasteiger partial charge >= 0.3 is 0 Å². The zero-order valence-corrected chi connectivity index (χ0v) is 11.3. The van der Waals surface area contributed by atoms with E-state index in [0.717, 1.165) is 15.8 Å². The highest BCUT2D eigenvalue weighted by atomic mass is 32.2. The summed E-state index contributed by atoms with van der Waals surface area (Å²) in [4.78, 5) is 18.1. The minimum Gasteiger partial charge on any atom is -0.255 e. The van der Waals surface area contributed by atoms with Gasteiger partial charge in [-0.2, -0.15) is 0 Å². The fraction of sp³-hybridized carbons (Fsp3) is 0.0667. The maximum Gasteiger partial charge on any atom is 0.163 e. The number of rotatable bonds is 1. The van der Waals surface area contributed by atoms with Crippen LogP contribution in [-0.2, 0) is 0 Å². The molecule has 2 aliphatic rings. The van der Waals surface area contributed by atoms with E-state index < -0.39 is 0 Å². The minimum absolute atomic E-state index is 0.128. The predicted molar refractivity (Wildman–Crippen MR) is 85.4 cm³/mol. The fourth-order valence-corrected chi connectivity index (χ4v) is 3.17. The molecule has 2 aliphatic heterocycles. The van der Waals surface area contributed by atoms with E-state index >= 15 is 0 Å². The molecule has 0 saturated heterocycles. The van der Waals surface area contributed by atoms with E-state index in [-0.39, 0.29) is 6.04 Å². The van der Waals surface area contributed by atoms with Crippen LogP contribution in [0.1, 0.15) is 0 Å². The molecule has 2 heterocycles. The molecule has 1 unspecified atom stereocenters. The standard InChI is InChI=1S/C15H10N4S/c1-2-4-11-7-12(6-5-10(11)3-1)20-15-13-14(17-8-16-13)18-9-19-15/h1-9,13H. The molecule has 0 bridgehead atoms. The number of nitrogens with zero attached hydrogens (tertiary/aromatic N) is 4. The lowest BCUT2D eigenvalue weighted by molar-refractivity contribution is 1.16. The van der Waals surface area contributed by atoms with Crippen molar-refractivity contribution in [3.05, 3.63) is 42.5 Å². The summed E-state index contributed by atoms with van der Waals surface area (Å²) in [5.41, 5.74) is 0. The van der Waals surface area contributed by atoms with E-state index in [1.54, 1.807) is 24.4 Å². The highest BCUT2D eigenvalue weighted by molar-refractivity contribution is 8.14. The molecule has 0 spiro atoms. The highest BCUT2D eigenvalue weighted by Gasteiger charge is 2.26. The molecule has 0 radical (unpaired) electrons. The van der Waals surface area contributed by atoms with Crippen molar-refractivity contribution in [1.82, 2.24) is 0 Å². The third-order valence-electron chi connectivity index (χ3n) is 3.20. The Kier molecular flexibility index (Phi) is 2.70. The molecule has 0 aliphatic carbocycles. The summed E-state index contributed by atoms with van der Waals surface area (Å²) in [7, 11) is 0. The number of amidine groups is 1. The largest absolute Gasteiger partial charge is 0.255 e. The van der Waals surface area contributed by atoms with Gasteiger partial charge in [-0.15, -0.1) is 0 Å². The van der Waals surface area contributed by atoms with Gasteiger partial charge in [-0.1, -0.05) is 42.1 Å². The van der Waals surface area contributed by atoms with E-state index in [1.165, 1.54) is 10.8 Å². The summed E-state index contributed by atoms with van der Waals surface area (Å²) in [6.45, 7) is 0. The van der Waals surface area contributed by atoms with Crippen LogP contribution in [0.15, 0.2) is 67.3 Å². The molecule has 4 nitrogen and oxygen atoms in total. The molecule has 0 fully saturated rings. The Hall–Kier alpha value is -2.27. The van der Waals surface area contributed by atoms with Crippen molar-refractivity contribution >= 4 is 46.1 Å². The molecule has 5 heteroatoms. The monoisotopic (exact) mass is 278 g/mol. The van der Waals surface area contributed by atoms with Gasteiger partial charge in [0.2, 0.25) is 0 Å². The van der Waals surface area contributed by atoms with Crippen LogP contribution < -0.4 is 0 Å². The summed E-state index contributed by atoms with van der Waals surface area (Å²) in [6, 6.07) is 14.6. The Balaban J connectivity index is 1.67. The third-order valence-corrected chi connectivity index (χ3v) is 4.23. The normalized spacial score (nSPS) is 19.9. The molecule has 4 rings (SSSR count). The van der Waals surface area contributed by atoms with Crippen molar-refractivity contribution in [2.75, 3.05) is 0 Å². The molecule has 0 amide bonds. The second-order valence-corrected chi connectivity index (χ2v) is 5.57. The van der Waals surface area contributed by atoms with E-state index in [0.29, 0.717) is 0 Å². The van der Waals surface area contributed by atoms with Crippen molar-refractivity contribution in [1.29, 1.82) is 0 Å². The number of fused-ring (bicyclic) bond motifs is 2. The Morgan fingerprint density at radius 3 is 2.75 bits per heavy atom. The lowest BCUT2D eigenvalue weighted by Gasteiger charge is -2.13. The number of benzene rings is 2. The molecule has 0 saturated carbocycles. The molecular weight excluding hydrogens is 268 g/mol. The average Bonchev–Trinajstić information content (AvgIpc) is 2.97. The van der Waals surface area contributed by atoms with E-state index in [2.05, 4.69) is 50.3 Å². The predicted octanol–water partition coefficient (Wildman–Crippen LogP) is 3.18. The van der Waals surface area contributed by atoms with Gasteiger partial charge in [0.05, 0.1) is 0 Å². The van der Waals surface area contributed by atoms with Gasteiger partial charge < -0.3 is 0 Å². The van der Waals surface area contributed by atoms with Crippen LogP contribution in [0.4, 0.5) is 0 Å². The van der Waals surface area contributed by atoms with Crippen molar-refractivity contribution in [2.24, 2.45) is 20.0 Å². The SMILES string of the molecule is C1=NC2=NC=NC2C(Sc2ccc3ccccc3c2)=N1. The number of hydrogen-bond donors (Lipinski definition) is 0. The van der Waals surface area contributed by atoms with Crippen molar-refractivity contribution in [2.45, 2.75) is 10.9 Å². The second kappa shape index (κ2) is 4.68. The zero-order chi connectivity index (χ0) is 13.4. The summed E-state index contributed by atoms with van der Waals surface area (Å²) in [5.74, 6) is 0.725. The zero-order valence-electron chi connectivity index (χ0n) is 10.5. The van der Waals surface area contributed by atoms with Crippen LogP contribution in [0.3, 0.4) is 0 Å². The molecule has 20 heavy (non-hydrogen) atoms. The minimum atomic E-state index is -0.128. The van der Waals surface area contributed by atoms with Gasteiger partial charge in [-0.25, -0.2) is 15.0 Å². The number of hydrogen-bond acceptors (Lipinski definition) is 5. The first-order chi connectivity index (χ1) is 9.90. The van der Waals surface area contributed by atoms with Crippen molar-refractivity contribution < 1.29 is 0 Å². The second-order valence-electron chi connectivity index (χ2n) is 4.48. The topological polar surface area (TPSA) is 49.4 Å². The molecule has 0 N–H and O–H groups in total. The molecular formula is C15H10N4S. The van der Waals surface area contributed by atoms with Crippen LogP contribution in [0.25, 0.3) is 10.8 Å². The first kappa shape index (κ1) is 11.5. The fourth-order valence-electron chi connectivity index (χ4n) is 2.22. The van der Waals surface area contributed by atoms with E-state index in [1.807, 2.05) is 12.1 Å². The molecule has 2 aromatic carbocycles. The van der Waals surface area contributed by atoms with Crippen molar-refractivity contribution in [3.8, 4) is 0 Å². The lowest BCUT2D eigenvalue weighted by Crippen LogP contribution is -2.25. The Morgan fingerprint density at radius 1 is 0.900 bits per heavy atom. The highest BCUT2D eigenvalue weighted by Crippen LogP contribution is 2.28. The van der Waals surface area contributed by atoms with Gasteiger partial charge in [0.1, 0.15) is 17.7 Å². The first-order valence-corrected chi connectivity index (χ1v) is 7.08. The van der Waals surface area contributed by atoms with Crippen LogP contribution in [0.2, 0.25) is 0 Å². The van der Waals surface area contributed by atoms with Crippen LogP contribution in [0.5, 0.6) is 0 Å².